The second-order valence-electron chi connectivity index (χ2n) is 5.22. The molecule has 25 heavy (non-hydrogen) atoms. The smallest absolute Gasteiger partial charge is 0.258 e. The van der Waals surface area contributed by atoms with E-state index in [1.54, 1.807) is 7.11 Å². The Bertz CT molecular complexity index is 861. The molecule has 1 aromatic heterocycles. The zero-order chi connectivity index (χ0) is 17.5. The zero-order valence-electron chi connectivity index (χ0n) is 13.7. The maximum atomic E-state index is 12.8. The minimum Gasteiger partial charge on any atom is -0.377 e. The predicted molar refractivity (Wildman–Crippen MR) is 100 cm³/mol. The first-order valence-corrected chi connectivity index (χ1v) is 8.53. The fourth-order valence-electron chi connectivity index (χ4n) is 2.26. The van der Waals surface area contributed by atoms with Crippen molar-refractivity contribution in [2.24, 2.45) is 0 Å². The number of amides is 1. The minimum atomic E-state index is -0.227. The highest BCUT2D eigenvalue weighted by Crippen LogP contribution is 2.22. The quantitative estimate of drug-likeness (QED) is 0.541. The van der Waals surface area contributed by atoms with Gasteiger partial charge >= 0.3 is 0 Å². The molecule has 0 saturated carbocycles. The van der Waals surface area contributed by atoms with Gasteiger partial charge in [-0.3, -0.25) is 10.1 Å². The van der Waals surface area contributed by atoms with Crippen LogP contribution in [0.1, 0.15) is 16.1 Å². The van der Waals surface area contributed by atoms with Gasteiger partial charge < -0.3 is 4.74 Å². The molecule has 0 spiro atoms. The summed E-state index contributed by atoms with van der Waals surface area (Å²) in [5.41, 5.74) is 2.36. The number of aromatic nitrogens is 2. The highest BCUT2D eigenvalue weighted by Gasteiger charge is 2.15. The number of hydrogen-bond donors (Lipinski definition) is 1. The molecule has 0 aliphatic heterocycles. The number of nitrogens with zero attached hydrogens (tertiary/aromatic N) is 2. The van der Waals surface area contributed by atoms with Crippen LogP contribution >= 0.6 is 11.3 Å². The Morgan fingerprint density at radius 2 is 1.76 bits per heavy atom. The van der Waals surface area contributed by atoms with E-state index >= 15 is 0 Å². The van der Waals surface area contributed by atoms with Crippen molar-refractivity contribution in [1.29, 1.82) is 0 Å². The number of carbonyl (C=O) groups excluding carboxylic acids is 1. The van der Waals surface area contributed by atoms with Crippen molar-refractivity contribution >= 4 is 34.0 Å². The molecule has 1 amide bonds. The molecular weight excluding hydrogens is 334 g/mol. The average Bonchev–Trinajstić information content (AvgIpc) is 3.08. The van der Waals surface area contributed by atoms with Crippen molar-refractivity contribution in [3.05, 3.63) is 76.8 Å². The van der Waals surface area contributed by atoms with Crippen LogP contribution < -0.4 is 5.32 Å². The van der Waals surface area contributed by atoms with E-state index in [-0.39, 0.29) is 5.91 Å². The van der Waals surface area contributed by atoms with Gasteiger partial charge in [-0.05, 0) is 17.2 Å². The molecule has 2 aromatic carbocycles. The van der Waals surface area contributed by atoms with Crippen molar-refractivity contribution in [2.45, 2.75) is 6.61 Å². The maximum absolute atomic E-state index is 12.8. The van der Waals surface area contributed by atoms with Crippen molar-refractivity contribution < 1.29 is 9.53 Å². The van der Waals surface area contributed by atoms with Gasteiger partial charge in [-0.25, -0.2) is 0 Å². The lowest BCUT2D eigenvalue weighted by atomic mass is 10.0. The number of hydrogen-bond acceptors (Lipinski definition) is 5. The number of rotatable bonds is 6. The largest absolute Gasteiger partial charge is 0.377 e. The molecule has 6 heteroatoms. The third kappa shape index (κ3) is 4.59. The van der Waals surface area contributed by atoms with Crippen LogP contribution in [0.4, 0.5) is 5.13 Å². The molecule has 0 unspecified atom stereocenters. The van der Waals surface area contributed by atoms with Crippen LogP contribution in [0, 0.1) is 0 Å². The number of anilines is 1. The van der Waals surface area contributed by atoms with Crippen molar-refractivity contribution in [1.82, 2.24) is 10.2 Å². The monoisotopic (exact) mass is 351 g/mol. The summed E-state index contributed by atoms with van der Waals surface area (Å²) in [6, 6.07) is 19.3. The van der Waals surface area contributed by atoms with Crippen LogP contribution in [0.2, 0.25) is 0 Å². The fourth-order valence-corrected chi connectivity index (χ4v) is 2.97. The lowest BCUT2D eigenvalue weighted by molar-refractivity contribution is -0.111. The van der Waals surface area contributed by atoms with Gasteiger partial charge in [-0.1, -0.05) is 72.0 Å². The first-order chi connectivity index (χ1) is 12.3. The van der Waals surface area contributed by atoms with E-state index < -0.39 is 0 Å². The van der Waals surface area contributed by atoms with Gasteiger partial charge in [0.1, 0.15) is 11.6 Å². The van der Waals surface area contributed by atoms with Crippen molar-refractivity contribution in [3.63, 3.8) is 0 Å². The third-order valence-corrected chi connectivity index (χ3v) is 4.21. The standard InChI is InChI=1S/C19H17N3O2S/c1-24-13-17-21-22-19(25-17)20-18(23)16(15-10-6-3-7-11-15)12-14-8-4-2-5-9-14/h2-12H,13H2,1H3,(H,20,22,23). The van der Waals surface area contributed by atoms with Gasteiger partial charge in [0.15, 0.2) is 0 Å². The number of carbonyl (C=O) groups is 1. The number of ether oxygens (including phenoxy) is 1. The molecule has 0 fully saturated rings. The van der Waals surface area contributed by atoms with E-state index in [1.165, 1.54) is 11.3 Å². The fraction of sp³-hybridized carbons (Fsp3) is 0.105. The number of benzene rings is 2. The Labute approximate surface area is 150 Å². The van der Waals surface area contributed by atoms with E-state index in [0.717, 1.165) is 11.1 Å². The SMILES string of the molecule is COCc1nnc(NC(=O)C(=Cc2ccccc2)c2ccccc2)s1. The summed E-state index contributed by atoms with van der Waals surface area (Å²) < 4.78 is 5.03. The average molecular weight is 351 g/mol. The summed E-state index contributed by atoms with van der Waals surface area (Å²) in [5.74, 6) is -0.227. The summed E-state index contributed by atoms with van der Waals surface area (Å²) in [6.07, 6.45) is 1.86. The molecule has 0 aliphatic rings. The van der Waals surface area contributed by atoms with E-state index in [9.17, 15) is 4.79 Å². The molecule has 3 aromatic rings. The molecule has 3 rings (SSSR count). The summed E-state index contributed by atoms with van der Waals surface area (Å²) in [6.45, 7) is 0.374. The Morgan fingerprint density at radius 3 is 2.44 bits per heavy atom. The normalized spacial score (nSPS) is 11.3. The van der Waals surface area contributed by atoms with Crippen LogP contribution in [0.15, 0.2) is 60.7 Å². The van der Waals surface area contributed by atoms with E-state index in [2.05, 4.69) is 15.5 Å². The summed E-state index contributed by atoms with van der Waals surface area (Å²) in [5, 5.41) is 12.0. The number of nitrogens with one attached hydrogen (secondary N) is 1. The van der Waals surface area contributed by atoms with Gasteiger partial charge in [0.2, 0.25) is 5.13 Å². The molecule has 0 saturated heterocycles. The van der Waals surface area contributed by atoms with Crippen molar-refractivity contribution in [3.8, 4) is 0 Å². The molecule has 0 atom stereocenters. The van der Waals surface area contributed by atoms with Crippen LogP contribution in [0.25, 0.3) is 11.6 Å². The second kappa shape index (κ2) is 8.32. The Balaban J connectivity index is 1.88. The Morgan fingerprint density at radius 1 is 1.08 bits per heavy atom. The van der Waals surface area contributed by atoms with Crippen LogP contribution in [-0.2, 0) is 16.1 Å². The molecule has 126 valence electrons. The van der Waals surface area contributed by atoms with Crippen molar-refractivity contribution in [2.75, 3.05) is 12.4 Å². The van der Waals surface area contributed by atoms with E-state index in [0.29, 0.717) is 22.3 Å². The summed E-state index contributed by atoms with van der Waals surface area (Å²) in [7, 11) is 1.59. The lowest BCUT2D eigenvalue weighted by Gasteiger charge is -2.07. The maximum Gasteiger partial charge on any atom is 0.258 e. The molecular formula is C19H17N3O2S. The highest BCUT2D eigenvalue weighted by atomic mass is 32.1. The third-order valence-electron chi connectivity index (χ3n) is 3.40. The first kappa shape index (κ1) is 17.0. The molecule has 0 bridgehead atoms. The van der Waals surface area contributed by atoms with Crippen LogP contribution in [0.3, 0.4) is 0 Å². The topological polar surface area (TPSA) is 64.1 Å². The van der Waals surface area contributed by atoms with Crippen LogP contribution in [0.5, 0.6) is 0 Å². The summed E-state index contributed by atoms with van der Waals surface area (Å²) in [4.78, 5) is 12.8. The van der Waals surface area contributed by atoms with E-state index in [4.69, 9.17) is 4.74 Å². The Kier molecular flexibility index (Phi) is 5.66. The highest BCUT2D eigenvalue weighted by molar-refractivity contribution is 7.15. The molecule has 0 radical (unpaired) electrons. The molecule has 5 nitrogen and oxygen atoms in total. The molecule has 1 heterocycles. The minimum absolute atomic E-state index is 0.227. The van der Waals surface area contributed by atoms with Crippen LogP contribution in [-0.4, -0.2) is 23.2 Å². The predicted octanol–water partition coefficient (Wildman–Crippen LogP) is 3.86. The zero-order valence-corrected chi connectivity index (χ0v) is 14.5. The second-order valence-corrected chi connectivity index (χ2v) is 6.28. The summed E-state index contributed by atoms with van der Waals surface area (Å²) >= 11 is 1.30. The number of methoxy groups -OCH3 is 1. The Hall–Kier alpha value is -2.83. The molecule has 1 N–H and O–H groups in total. The molecule has 0 aliphatic carbocycles. The first-order valence-electron chi connectivity index (χ1n) is 7.71. The van der Waals surface area contributed by atoms with Gasteiger partial charge in [0.25, 0.3) is 5.91 Å². The van der Waals surface area contributed by atoms with E-state index in [1.807, 2.05) is 66.7 Å². The lowest BCUT2D eigenvalue weighted by Crippen LogP contribution is -2.13. The van der Waals surface area contributed by atoms with Gasteiger partial charge in [0, 0.05) is 12.7 Å². The van der Waals surface area contributed by atoms with Gasteiger partial charge in [-0.15, -0.1) is 10.2 Å². The van der Waals surface area contributed by atoms with Gasteiger partial charge in [0.05, 0.1) is 0 Å². The van der Waals surface area contributed by atoms with Gasteiger partial charge in [-0.2, -0.15) is 0 Å².